The maximum atomic E-state index is 12.5. The van der Waals surface area contributed by atoms with Crippen LogP contribution in [-0.4, -0.2) is 23.9 Å². The number of carbonyl (C=O) groups excluding carboxylic acids is 1. The molecule has 1 N–H and O–H groups in total. The van der Waals surface area contributed by atoms with Gasteiger partial charge in [0.05, 0.1) is 6.54 Å². The molecule has 0 atom stereocenters. The molecule has 0 aliphatic carbocycles. The van der Waals surface area contributed by atoms with Crippen LogP contribution in [0.15, 0.2) is 66.7 Å². The maximum absolute atomic E-state index is 12.5. The number of anilines is 1. The molecule has 0 heterocycles. The Morgan fingerprint density at radius 1 is 0.962 bits per heavy atom. The lowest BCUT2D eigenvalue weighted by Crippen LogP contribution is -2.33. The maximum Gasteiger partial charge on any atom is 0.238 e. The van der Waals surface area contributed by atoms with E-state index in [0.29, 0.717) is 6.54 Å². The van der Waals surface area contributed by atoms with Crippen molar-refractivity contribution in [1.82, 2.24) is 4.90 Å². The highest BCUT2D eigenvalue weighted by Crippen LogP contribution is 2.17. The van der Waals surface area contributed by atoms with Crippen LogP contribution in [0.5, 0.6) is 0 Å². The summed E-state index contributed by atoms with van der Waals surface area (Å²) in [6.45, 7) is 6.23. The van der Waals surface area contributed by atoms with Gasteiger partial charge in [-0.25, -0.2) is 0 Å². The van der Waals surface area contributed by atoms with E-state index in [1.54, 1.807) is 0 Å². The van der Waals surface area contributed by atoms with Gasteiger partial charge in [0.25, 0.3) is 0 Å². The molecule has 3 aromatic carbocycles. The smallest absolute Gasteiger partial charge is 0.238 e. The van der Waals surface area contributed by atoms with E-state index in [9.17, 15) is 4.79 Å². The highest BCUT2D eigenvalue weighted by molar-refractivity contribution is 5.93. The van der Waals surface area contributed by atoms with E-state index in [0.717, 1.165) is 30.8 Å². The first kappa shape index (κ1) is 18.2. The molecule has 0 aromatic heterocycles. The van der Waals surface area contributed by atoms with Crippen LogP contribution in [0.3, 0.4) is 0 Å². The van der Waals surface area contributed by atoms with E-state index in [4.69, 9.17) is 0 Å². The number of hydrogen-bond acceptors (Lipinski definition) is 2. The molecule has 134 valence electrons. The van der Waals surface area contributed by atoms with Crippen LogP contribution in [0.4, 0.5) is 5.69 Å². The second-order valence-corrected chi connectivity index (χ2v) is 6.76. The van der Waals surface area contributed by atoms with Gasteiger partial charge >= 0.3 is 0 Å². The molecular formula is C23H26N2O. The highest BCUT2D eigenvalue weighted by atomic mass is 16.2. The summed E-state index contributed by atoms with van der Waals surface area (Å²) in [5.74, 6) is 0.0357. The van der Waals surface area contributed by atoms with Crippen LogP contribution in [-0.2, 0) is 11.3 Å². The van der Waals surface area contributed by atoms with Crippen LogP contribution in [0.25, 0.3) is 10.8 Å². The normalized spacial score (nSPS) is 11.0. The second kappa shape index (κ2) is 8.63. The Balaban J connectivity index is 1.67. The fourth-order valence-corrected chi connectivity index (χ4v) is 3.23. The predicted molar refractivity (Wildman–Crippen MR) is 109 cm³/mol. The van der Waals surface area contributed by atoms with Crippen LogP contribution < -0.4 is 5.32 Å². The van der Waals surface area contributed by atoms with E-state index in [2.05, 4.69) is 59.6 Å². The zero-order valence-corrected chi connectivity index (χ0v) is 15.5. The lowest BCUT2D eigenvalue weighted by atomic mass is 10.1. The molecule has 3 aromatic rings. The summed E-state index contributed by atoms with van der Waals surface area (Å²) < 4.78 is 0. The van der Waals surface area contributed by atoms with Crippen molar-refractivity contribution in [2.24, 2.45) is 0 Å². The molecule has 0 fully saturated rings. The number of benzene rings is 3. The van der Waals surface area contributed by atoms with Crippen molar-refractivity contribution in [3.8, 4) is 0 Å². The summed E-state index contributed by atoms with van der Waals surface area (Å²) >= 11 is 0. The van der Waals surface area contributed by atoms with Gasteiger partial charge in [-0.3, -0.25) is 9.69 Å². The van der Waals surface area contributed by atoms with Gasteiger partial charge in [-0.2, -0.15) is 0 Å². The van der Waals surface area contributed by atoms with Crippen molar-refractivity contribution >= 4 is 22.4 Å². The minimum Gasteiger partial charge on any atom is -0.325 e. The Bertz CT molecular complexity index is 888. The lowest BCUT2D eigenvalue weighted by Gasteiger charge is -2.21. The Morgan fingerprint density at radius 2 is 1.69 bits per heavy atom. The fraction of sp³-hybridized carbons (Fsp3) is 0.261. The second-order valence-electron chi connectivity index (χ2n) is 6.76. The monoisotopic (exact) mass is 346 g/mol. The number of amides is 1. The summed E-state index contributed by atoms with van der Waals surface area (Å²) in [4.78, 5) is 14.7. The number of hydrogen-bond donors (Lipinski definition) is 1. The minimum atomic E-state index is 0.0357. The minimum absolute atomic E-state index is 0.0357. The Kier molecular flexibility index (Phi) is 6.03. The summed E-state index contributed by atoms with van der Waals surface area (Å²) in [6.07, 6.45) is 1.02. The topological polar surface area (TPSA) is 32.3 Å². The molecule has 26 heavy (non-hydrogen) atoms. The fourth-order valence-electron chi connectivity index (χ4n) is 3.23. The molecule has 0 saturated carbocycles. The largest absolute Gasteiger partial charge is 0.325 e. The van der Waals surface area contributed by atoms with Gasteiger partial charge in [-0.15, -0.1) is 0 Å². The number of nitrogens with one attached hydrogen (secondary N) is 1. The average molecular weight is 346 g/mol. The van der Waals surface area contributed by atoms with Gasteiger partial charge in [0.15, 0.2) is 0 Å². The van der Waals surface area contributed by atoms with E-state index in [1.165, 1.54) is 16.3 Å². The van der Waals surface area contributed by atoms with Crippen molar-refractivity contribution in [3.05, 3.63) is 77.9 Å². The summed E-state index contributed by atoms with van der Waals surface area (Å²) in [6, 6.07) is 22.8. The molecular weight excluding hydrogens is 320 g/mol. The molecule has 0 aliphatic heterocycles. The SMILES string of the molecule is CCCN(CC(=O)Nc1ccccc1C)Cc1ccc2ccccc2c1. The van der Waals surface area contributed by atoms with Crippen molar-refractivity contribution < 1.29 is 4.79 Å². The van der Waals surface area contributed by atoms with Gasteiger partial charge in [0.2, 0.25) is 5.91 Å². The van der Waals surface area contributed by atoms with Gasteiger partial charge in [-0.1, -0.05) is 61.5 Å². The molecule has 0 bridgehead atoms. The van der Waals surface area contributed by atoms with Crippen LogP contribution in [0.1, 0.15) is 24.5 Å². The zero-order chi connectivity index (χ0) is 18.4. The zero-order valence-electron chi connectivity index (χ0n) is 15.5. The van der Waals surface area contributed by atoms with Crippen LogP contribution >= 0.6 is 0 Å². The molecule has 1 amide bonds. The number of aryl methyl sites for hydroxylation is 1. The molecule has 0 spiro atoms. The Labute approximate surface area is 155 Å². The van der Waals surface area contributed by atoms with Crippen molar-refractivity contribution in [2.45, 2.75) is 26.8 Å². The molecule has 3 rings (SSSR count). The molecule has 0 unspecified atom stereocenters. The molecule has 0 saturated heterocycles. The molecule has 0 radical (unpaired) electrons. The van der Waals surface area contributed by atoms with Gasteiger partial charge < -0.3 is 5.32 Å². The van der Waals surface area contributed by atoms with E-state index in [-0.39, 0.29) is 5.91 Å². The third kappa shape index (κ3) is 4.70. The Morgan fingerprint density at radius 3 is 2.46 bits per heavy atom. The van der Waals surface area contributed by atoms with Crippen LogP contribution in [0, 0.1) is 6.92 Å². The summed E-state index contributed by atoms with van der Waals surface area (Å²) in [5.41, 5.74) is 3.21. The van der Waals surface area contributed by atoms with Crippen LogP contribution in [0.2, 0.25) is 0 Å². The van der Waals surface area contributed by atoms with Crippen molar-refractivity contribution in [1.29, 1.82) is 0 Å². The molecule has 3 nitrogen and oxygen atoms in total. The average Bonchev–Trinajstić information content (AvgIpc) is 2.64. The number of fused-ring (bicyclic) bond motifs is 1. The first-order valence-electron chi connectivity index (χ1n) is 9.21. The third-order valence-corrected chi connectivity index (χ3v) is 4.55. The first-order valence-corrected chi connectivity index (χ1v) is 9.21. The van der Waals surface area contributed by atoms with Gasteiger partial charge in [0.1, 0.15) is 0 Å². The van der Waals surface area contributed by atoms with E-state index < -0.39 is 0 Å². The number of para-hydroxylation sites is 1. The highest BCUT2D eigenvalue weighted by Gasteiger charge is 2.12. The standard InChI is InChI=1S/C23H26N2O/c1-3-14-25(17-23(26)24-22-11-7-4-8-18(22)2)16-19-12-13-20-9-5-6-10-21(20)15-19/h4-13,15H,3,14,16-17H2,1-2H3,(H,24,26). The number of nitrogens with zero attached hydrogens (tertiary/aromatic N) is 1. The van der Waals surface area contributed by atoms with E-state index in [1.807, 2.05) is 31.2 Å². The quantitative estimate of drug-likeness (QED) is 0.653. The first-order chi connectivity index (χ1) is 12.7. The predicted octanol–water partition coefficient (Wildman–Crippen LogP) is 5.00. The number of rotatable bonds is 7. The Hall–Kier alpha value is -2.65. The molecule has 0 aliphatic rings. The summed E-state index contributed by atoms with van der Waals surface area (Å²) in [5, 5.41) is 5.52. The van der Waals surface area contributed by atoms with Crippen molar-refractivity contribution in [2.75, 3.05) is 18.4 Å². The summed E-state index contributed by atoms with van der Waals surface area (Å²) in [7, 11) is 0. The molecule has 3 heteroatoms. The van der Waals surface area contributed by atoms with Gasteiger partial charge in [0, 0.05) is 12.2 Å². The third-order valence-electron chi connectivity index (χ3n) is 4.55. The number of carbonyl (C=O) groups is 1. The lowest BCUT2D eigenvalue weighted by molar-refractivity contribution is -0.117. The van der Waals surface area contributed by atoms with E-state index >= 15 is 0 Å². The van der Waals surface area contributed by atoms with Gasteiger partial charge in [-0.05, 0) is 53.9 Å². The van der Waals surface area contributed by atoms with Crippen molar-refractivity contribution in [3.63, 3.8) is 0 Å².